The smallest absolute Gasteiger partial charge is 0.267 e. The normalized spacial score (nSPS) is 10.9. The summed E-state index contributed by atoms with van der Waals surface area (Å²) in [5.74, 6) is 0.452. The molecule has 0 unspecified atom stereocenters. The Labute approximate surface area is 163 Å². The van der Waals surface area contributed by atoms with Gasteiger partial charge < -0.3 is 0 Å². The Balaban J connectivity index is 1.65. The number of aromatic nitrogens is 7. The summed E-state index contributed by atoms with van der Waals surface area (Å²) in [6.45, 7) is 0.114. The van der Waals surface area contributed by atoms with Crippen molar-refractivity contribution in [2.75, 3.05) is 0 Å². The van der Waals surface area contributed by atoms with Crippen LogP contribution >= 0.6 is 23.8 Å². The number of nitrogens with zero attached hydrogens (tertiary/aromatic N) is 6. The summed E-state index contributed by atoms with van der Waals surface area (Å²) in [7, 11) is 0. The summed E-state index contributed by atoms with van der Waals surface area (Å²) in [5.41, 5.74) is 1.17. The van der Waals surface area contributed by atoms with Crippen LogP contribution in [0, 0.1) is 4.77 Å². The van der Waals surface area contributed by atoms with E-state index < -0.39 is 0 Å². The van der Waals surface area contributed by atoms with Gasteiger partial charge in [0.15, 0.2) is 5.82 Å². The average molecular weight is 398 g/mol. The first-order valence-corrected chi connectivity index (χ1v) is 8.71. The fourth-order valence-corrected chi connectivity index (χ4v) is 2.99. The largest absolute Gasteiger partial charge is 0.268 e. The monoisotopic (exact) mass is 397 g/mol. The molecule has 0 amide bonds. The second-order valence-electron chi connectivity index (χ2n) is 5.57. The van der Waals surface area contributed by atoms with Crippen LogP contribution in [0.15, 0.2) is 54.6 Å². The Morgan fingerprint density at radius 1 is 1.11 bits per heavy atom. The van der Waals surface area contributed by atoms with E-state index in [9.17, 15) is 4.79 Å². The van der Waals surface area contributed by atoms with E-state index in [1.165, 1.54) is 9.36 Å². The molecule has 0 fully saturated rings. The molecule has 0 saturated heterocycles. The highest BCUT2D eigenvalue weighted by Crippen LogP contribution is 2.17. The van der Waals surface area contributed by atoms with Crippen LogP contribution in [0.3, 0.4) is 0 Å². The number of carbonyl (C=O) groups is 1. The summed E-state index contributed by atoms with van der Waals surface area (Å²) >= 11 is 11.3. The third-order valence-corrected chi connectivity index (χ3v) is 4.42. The molecule has 0 aliphatic heterocycles. The van der Waals surface area contributed by atoms with E-state index in [4.69, 9.17) is 23.8 Å². The highest BCUT2D eigenvalue weighted by molar-refractivity contribution is 7.71. The molecule has 10 heteroatoms. The molecule has 0 aliphatic carbocycles. The van der Waals surface area contributed by atoms with Gasteiger partial charge in [-0.1, -0.05) is 54.1 Å². The maximum Gasteiger partial charge on any atom is 0.267 e. The number of hydrogen-bond acceptors (Lipinski definition) is 6. The molecule has 1 N–H and O–H groups in total. The Morgan fingerprint density at radius 3 is 2.63 bits per heavy atom. The van der Waals surface area contributed by atoms with E-state index in [1.807, 2.05) is 30.3 Å². The second-order valence-corrected chi connectivity index (χ2v) is 6.37. The summed E-state index contributed by atoms with van der Waals surface area (Å²) < 4.78 is 1.44. The second kappa shape index (κ2) is 7.22. The number of aromatic amines is 1. The maximum absolute atomic E-state index is 12.9. The highest BCUT2D eigenvalue weighted by Gasteiger charge is 2.19. The third kappa shape index (κ3) is 3.42. The molecule has 8 nitrogen and oxygen atoms in total. The Kier molecular flexibility index (Phi) is 4.61. The van der Waals surface area contributed by atoms with E-state index in [-0.39, 0.29) is 17.2 Å². The van der Waals surface area contributed by atoms with Crippen LogP contribution in [-0.2, 0) is 6.54 Å². The molecule has 0 aliphatic rings. The standard InChI is InChI=1S/C17H12ClN7OS/c18-13-9-5-4-8-12(13)16(26)25-14(19-21-17(25)27)10-24-22-15(20-23-24)11-6-2-1-3-7-11/h1-9H,10H2,(H,21,27). The molecule has 134 valence electrons. The van der Waals surface area contributed by atoms with Gasteiger partial charge in [-0.05, 0) is 29.6 Å². The molecule has 4 aromatic rings. The van der Waals surface area contributed by atoms with Gasteiger partial charge in [0.05, 0.1) is 10.6 Å². The van der Waals surface area contributed by atoms with E-state index in [0.29, 0.717) is 22.2 Å². The lowest BCUT2D eigenvalue weighted by Crippen LogP contribution is -2.19. The van der Waals surface area contributed by atoms with Gasteiger partial charge in [0, 0.05) is 5.56 Å². The summed E-state index contributed by atoms with van der Waals surface area (Å²) in [6.07, 6.45) is 0. The number of rotatable bonds is 4. The molecule has 0 atom stereocenters. The Morgan fingerprint density at radius 2 is 1.85 bits per heavy atom. The fourth-order valence-electron chi connectivity index (χ4n) is 2.54. The maximum atomic E-state index is 12.9. The zero-order chi connectivity index (χ0) is 18.8. The third-order valence-electron chi connectivity index (χ3n) is 3.82. The van der Waals surface area contributed by atoms with Gasteiger partial charge in [-0.25, -0.2) is 4.57 Å². The lowest BCUT2D eigenvalue weighted by Gasteiger charge is -2.06. The Hall–Kier alpha value is -3.17. The van der Waals surface area contributed by atoms with Crippen molar-refractivity contribution in [3.63, 3.8) is 0 Å². The van der Waals surface area contributed by atoms with E-state index >= 15 is 0 Å². The minimum absolute atomic E-state index is 0.114. The summed E-state index contributed by atoms with van der Waals surface area (Å²) in [4.78, 5) is 14.2. The molecule has 27 heavy (non-hydrogen) atoms. The summed E-state index contributed by atoms with van der Waals surface area (Å²) in [6, 6.07) is 16.2. The van der Waals surface area contributed by atoms with Gasteiger partial charge >= 0.3 is 0 Å². The van der Waals surface area contributed by atoms with Crippen LogP contribution in [0.5, 0.6) is 0 Å². The van der Waals surface area contributed by atoms with Gasteiger partial charge in [-0.15, -0.1) is 10.2 Å². The number of carbonyl (C=O) groups excluding carboxylic acids is 1. The number of tetrazole rings is 1. The molecule has 0 saturated carbocycles. The molecule has 2 aromatic carbocycles. The number of benzene rings is 2. The topological polar surface area (TPSA) is 94.3 Å². The molecular weight excluding hydrogens is 386 g/mol. The van der Waals surface area contributed by atoms with Gasteiger partial charge in [-0.3, -0.25) is 9.89 Å². The molecule has 0 radical (unpaired) electrons. The van der Waals surface area contributed by atoms with Crippen LogP contribution in [0.1, 0.15) is 16.2 Å². The first-order chi connectivity index (χ1) is 13.1. The summed E-state index contributed by atoms with van der Waals surface area (Å²) in [5, 5.41) is 19.5. The van der Waals surface area contributed by atoms with Crippen LogP contribution in [0.25, 0.3) is 11.4 Å². The van der Waals surface area contributed by atoms with Crippen molar-refractivity contribution in [3.05, 3.63) is 75.8 Å². The molecule has 2 aromatic heterocycles. The van der Waals surface area contributed by atoms with Crippen LogP contribution in [0.2, 0.25) is 5.02 Å². The number of nitrogens with one attached hydrogen (secondary N) is 1. The molecule has 0 spiro atoms. The van der Waals surface area contributed by atoms with Crippen molar-refractivity contribution in [1.29, 1.82) is 0 Å². The van der Waals surface area contributed by atoms with E-state index in [0.717, 1.165) is 5.56 Å². The molecular formula is C17H12ClN7OS. The molecule has 4 rings (SSSR count). The number of halogens is 1. The van der Waals surface area contributed by atoms with Gasteiger partial charge in [0.1, 0.15) is 6.54 Å². The van der Waals surface area contributed by atoms with Gasteiger partial charge in [0.2, 0.25) is 10.6 Å². The Bertz CT molecular complexity index is 1170. The van der Waals surface area contributed by atoms with Crippen molar-refractivity contribution in [1.82, 2.24) is 35.0 Å². The van der Waals surface area contributed by atoms with E-state index in [1.54, 1.807) is 24.3 Å². The number of hydrogen-bond donors (Lipinski definition) is 1. The number of H-pyrrole nitrogens is 1. The predicted molar refractivity (Wildman–Crippen MR) is 101 cm³/mol. The lowest BCUT2D eigenvalue weighted by molar-refractivity contribution is 0.0954. The lowest BCUT2D eigenvalue weighted by atomic mass is 10.2. The van der Waals surface area contributed by atoms with Gasteiger partial charge in [0.25, 0.3) is 5.91 Å². The minimum atomic E-state index is -0.377. The van der Waals surface area contributed by atoms with E-state index in [2.05, 4.69) is 25.6 Å². The van der Waals surface area contributed by atoms with Crippen molar-refractivity contribution >= 4 is 29.7 Å². The zero-order valence-corrected chi connectivity index (χ0v) is 15.4. The van der Waals surface area contributed by atoms with Crippen molar-refractivity contribution in [2.24, 2.45) is 0 Å². The van der Waals surface area contributed by atoms with Crippen molar-refractivity contribution < 1.29 is 4.79 Å². The fraction of sp³-hybridized carbons (Fsp3) is 0.0588. The first kappa shape index (κ1) is 17.3. The SMILES string of the molecule is O=C(c1ccccc1Cl)n1c(Cn2nnc(-c3ccccc3)n2)n[nH]c1=S. The van der Waals surface area contributed by atoms with Crippen LogP contribution < -0.4 is 0 Å². The predicted octanol–water partition coefficient (Wildman–Crippen LogP) is 2.98. The zero-order valence-electron chi connectivity index (χ0n) is 13.8. The average Bonchev–Trinajstić information content (AvgIpc) is 3.29. The highest BCUT2D eigenvalue weighted by atomic mass is 35.5. The van der Waals surface area contributed by atoms with Gasteiger partial charge in [-0.2, -0.15) is 9.90 Å². The van der Waals surface area contributed by atoms with Crippen LogP contribution in [0.4, 0.5) is 0 Å². The molecule has 0 bridgehead atoms. The molecule has 2 heterocycles. The minimum Gasteiger partial charge on any atom is -0.268 e. The van der Waals surface area contributed by atoms with Crippen LogP contribution in [-0.4, -0.2) is 40.9 Å². The quantitative estimate of drug-likeness (QED) is 0.532. The van der Waals surface area contributed by atoms with Crippen molar-refractivity contribution in [3.8, 4) is 11.4 Å². The van der Waals surface area contributed by atoms with Crippen molar-refractivity contribution in [2.45, 2.75) is 6.54 Å². The first-order valence-electron chi connectivity index (χ1n) is 7.92.